The summed E-state index contributed by atoms with van der Waals surface area (Å²) in [6, 6.07) is 12.4. The van der Waals surface area contributed by atoms with E-state index in [0.717, 1.165) is 19.4 Å². The number of methoxy groups -OCH3 is 2. The summed E-state index contributed by atoms with van der Waals surface area (Å²) < 4.78 is 17.9. The Kier molecular flexibility index (Phi) is 6.96. The first-order valence-corrected chi connectivity index (χ1v) is 11.3. The molecule has 2 heterocycles. The zero-order chi connectivity index (χ0) is 22.5. The van der Waals surface area contributed by atoms with E-state index in [2.05, 4.69) is 10.3 Å². The van der Waals surface area contributed by atoms with Crippen molar-refractivity contribution >= 4 is 28.6 Å². The van der Waals surface area contributed by atoms with Gasteiger partial charge in [0.1, 0.15) is 11.5 Å². The van der Waals surface area contributed by atoms with Crippen molar-refractivity contribution in [2.24, 2.45) is 0 Å². The van der Waals surface area contributed by atoms with Crippen molar-refractivity contribution in [3.05, 3.63) is 52.8 Å². The Morgan fingerprint density at radius 2 is 2.09 bits per heavy atom. The number of amides is 1. The zero-order valence-electron chi connectivity index (χ0n) is 18.0. The molecule has 0 saturated carbocycles. The van der Waals surface area contributed by atoms with Crippen LogP contribution in [0.1, 0.15) is 12.8 Å². The van der Waals surface area contributed by atoms with Gasteiger partial charge in [-0.15, -0.1) is 0 Å². The molecule has 1 fully saturated rings. The lowest BCUT2D eigenvalue weighted by Gasteiger charge is -2.17. The molecule has 0 spiro atoms. The molecule has 1 aromatic heterocycles. The van der Waals surface area contributed by atoms with Gasteiger partial charge in [0.2, 0.25) is 5.91 Å². The SMILES string of the molecule is COc1ccc(OC)c(-n2c(SCC(=O)NC[C@H]3CCCO3)nc3ccccc3c2=O)c1. The maximum Gasteiger partial charge on any atom is 0.266 e. The number of ether oxygens (including phenoxy) is 3. The van der Waals surface area contributed by atoms with Crippen LogP contribution in [-0.4, -0.2) is 54.7 Å². The highest BCUT2D eigenvalue weighted by Crippen LogP contribution is 2.30. The highest BCUT2D eigenvalue weighted by molar-refractivity contribution is 7.99. The van der Waals surface area contributed by atoms with Gasteiger partial charge in [0.15, 0.2) is 5.16 Å². The Hall–Kier alpha value is -3.04. The lowest BCUT2D eigenvalue weighted by Crippen LogP contribution is -2.33. The number of carbonyl (C=O) groups is 1. The molecule has 4 rings (SSSR count). The summed E-state index contributed by atoms with van der Waals surface area (Å²) in [6.07, 6.45) is 2.04. The first-order chi connectivity index (χ1) is 15.6. The molecule has 0 unspecified atom stereocenters. The van der Waals surface area contributed by atoms with Crippen molar-refractivity contribution in [3.63, 3.8) is 0 Å². The minimum Gasteiger partial charge on any atom is -0.497 e. The molecule has 1 aliphatic heterocycles. The van der Waals surface area contributed by atoms with Gasteiger partial charge in [0.05, 0.1) is 42.7 Å². The second kappa shape index (κ2) is 10.1. The molecule has 2 aromatic carbocycles. The van der Waals surface area contributed by atoms with Crippen LogP contribution in [-0.2, 0) is 9.53 Å². The summed E-state index contributed by atoms with van der Waals surface area (Å²) in [5.41, 5.74) is 0.819. The van der Waals surface area contributed by atoms with Gasteiger partial charge in [-0.2, -0.15) is 0 Å². The Morgan fingerprint density at radius 3 is 2.84 bits per heavy atom. The lowest BCUT2D eigenvalue weighted by molar-refractivity contribution is -0.119. The molecule has 3 aromatic rings. The second-order valence-electron chi connectivity index (χ2n) is 7.32. The summed E-state index contributed by atoms with van der Waals surface area (Å²) >= 11 is 1.20. The number of rotatable bonds is 8. The largest absolute Gasteiger partial charge is 0.497 e. The standard InChI is InChI=1S/C23H25N3O5S/c1-29-15-9-10-20(30-2)19(12-15)26-22(28)17-7-3-4-8-18(17)25-23(26)32-14-21(27)24-13-16-6-5-11-31-16/h3-4,7-10,12,16H,5-6,11,13-14H2,1-2H3,(H,24,27)/t16-/m1/s1. The molecule has 32 heavy (non-hydrogen) atoms. The van der Waals surface area contributed by atoms with Gasteiger partial charge < -0.3 is 19.5 Å². The van der Waals surface area contributed by atoms with Crippen LogP contribution in [0.4, 0.5) is 0 Å². The van der Waals surface area contributed by atoms with Crippen molar-refractivity contribution < 1.29 is 19.0 Å². The first-order valence-electron chi connectivity index (χ1n) is 10.4. The van der Waals surface area contributed by atoms with Gasteiger partial charge in [-0.3, -0.25) is 14.2 Å². The topological polar surface area (TPSA) is 91.7 Å². The average molecular weight is 456 g/mol. The van der Waals surface area contributed by atoms with Gasteiger partial charge in [0, 0.05) is 19.2 Å². The molecule has 1 saturated heterocycles. The van der Waals surface area contributed by atoms with Gasteiger partial charge in [-0.1, -0.05) is 23.9 Å². The molecule has 168 valence electrons. The molecular weight excluding hydrogens is 430 g/mol. The van der Waals surface area contributed by atoms with E-state index in [1.54, 1.807) is 43.5 Å². The molecule has 0 radical (unpaired) electrons. The van der Waals surface area contributed by atoms with Gasteiger partial charge >= 0.3 is 0 Å². The molecule has 1 amide bonds. The van der Waals surface area contributed by atoms with Crippen LogP contribution in [0.5, 0.6) is 11.5 Å². The predicted molar refractivity (Wildman–Crippen MR) is 123 cm³/mol. The fourth-order valence-corrected chi connectivity index (χ4v) is 4.44. The van der Waals surface area contributed by atoms with Crippen LogP contribution in [0.3, 0.4) is 0 Å². The zero-order valence-corrected chi connectivity index (χ0v) is 18.8. The van der Waals surface area contributed by atoms with Gasteiger partial charge in [-0.25, -0.2) is 4.98 Å². The number of aromatic nitrogens is 2. The third kappa shape index (κ3) is 4.73. The first kappa shape index (κ1) is 22.2. The maximum absolute atomic E-state index is 13.5. The second-order valence-corrected chi connectivity index (χ2v) is 8.26. The Labute approximate surface area is 189 Å². The number of hydrogen-bond donors (Lipinski definition) is 1. The van der Waals surface area contributed by atoms with Crippen LogP contribution in [0, 0.1) is 0 Å². The van der Waals surface area contributed by atoms with E-state index in [9.17, 15) is 9.59 Å². The summed E-state index contributed by atoms with van der Waals surface area (Å²) in [4.78, 5) is 30.6. The maximum atomic E-state index is 13.5. The van der Waals surface area contributed by atoms with E-state index < -0.39 is 0 Å². The molecule has 0 bridgehead atoms. The summed E-state index contributed by atoms with van der Waals surface area (Å²) in [7, 11) is 3.09. The highest BCUT2D eigenvalue weighted by Gasteiger charge is 2.20. The fraction of sp³-hybridized carbons (Fsp3) is 0.348. The Bertz CT molecular complexity index is 1170. The van der Waals surface area contributed by atoms with Crippen molar-refractivity contribution in [1.29, 1.82) is 0 Å². The number of benzene rings is 2. The number of hydrogen-bond acceptors (Lipinski definition) is 7. The quantitative estimate of drug-likeness (QED) is 0.412. The van der Waals surface area contributed by atoms with Crippen LogP contribution >= 0.6 is 11.8 Å². The van der Waals surface area contributed by atoms with E-state index in [0.29, 0.717) is 39.8 Å². The molecular formula is C23H25N3O5S. The van der Waals surface area contributed by atoms with Crippen molar-refractivity contribution in [2.45, 2.75) is 24.1 Å². The highest BCUT2D eigenvalue weighted by atomic mass is 32.2. The lowest BCUT2D eigenvalue weighted by atomic mass is 10.2. The number of nitrogens with zero attached hydrogens (tertiary/aromatic N) is 2. The third-order valence-corrected chi connectivity index (χ3v) is 6.19. The van der Waals surface area contributed by atoms with Crippen molar-refractivity contribution in [1.82, 2.24) is 14.9 Å². The van der Waals surface area contributed by atoms with Gasteiger partial charge in [0.25, 0.3) is 5.56 Å². The van der Waals surface area contributed by atoms with Crippen LogP contribution in [0.15, 0.2) is 52.4 Å². The number of nitrogens with one attached hydrogen (secondary N) is 1. The van der Waals surface area contributed by atoms with Crippen LogP contribution < -0.4 is 20.3 Å². The van der Waals surface area contributed by atoms with E-state index >= 15 is 0 Å². The van der Waals surface area contributed by atoms with Crippen molar-refractivity contribution in [2.75, 3.05) is 33.1 Å². The van der Waals surface area contributed by atoms with E-state index in [1.807, 2.05) is 6.07 Å². The number of carbonyl (C=O) groups excluding carboxylic acids is 1. The normalized spacial score (nSPS) is 15.6. The van der Waals surface area contributed by atoms with Gasteiger partial charge in [-0.05, 0) is 37.1 Å². The summed E-state index contributed by atoms with van der Waals surface area (Å²) in [5.74, 6) is 1.04. The van der Waals surface area contributed by atoms with Crippen LogP contribution in [0.2, 0.25) is 0 Å². The molecule has 1 aliphatic rings. The fourth-order valence-electron chi connectivity index (χ4n) is 3.61. The number of thioether (sulfide) groups is 1. The minimum absolute atomic E-state index is 0.0713. The van der Waals surface area contributed by atoms with Crippen molar-refractivity contribution in [3.8, 4) is 17.2 Å². The third-order valence-electron chi connectivity index (χ3n) is 5.26. The van der Waals surface area contributed by atoms with E-state index in [4.69, 9.17) is 14.2 Å². The monoisotopic (exact) mass is 455 g/mol. The molecule has 1 atom stereocenters. The molecule has 9 heteroatoms. The predicted octanol–water partition coefficient (Wildman–Crippen LogP) is 2.79. The minimum atomic E-state index is -0.246. The molecule has 1 N–H and O–H groups in total. The molecule has 0 aliphatic carbocycles. The number of para-hydroxylation sites is 1. The van der Waals surface area contributed by atoms with Crippen LogP contribution in [0.25, 0.3) is 16.6 Å². The Morgan fingerprint density at radius 1 is 1.25 bits per heavy atom. The van der Waals surface area contributed by atoms with E-state index in [1.165, 1.54) is 23.4 Å². The summed E-state index contributed by atoms with van der Waals surface area (Å²) in [5, 5.41) is 3.77. The Balaban J connectivity index is 1.68. The van der Waals surface area contributed by atoms with E-state index in [-0.39, 0.29) is 23.3 Å². The molecule has 8 nitrogen and oxygen atoms in total. The summed E-state index contributed by atoms with van der Waals surface area (Å²) in [6.45, 7) is 1.23. The smallest absolute Gasteiger partial charge is 0.266 e. The average Bonchev–Trinajstić information content (AvgIpc) is 3.35. The number of fused-ring (bicyclic) bond motifs is 1.